The van der Waals surface area contributed by atoms with Crippen molar-refractivity contribution in [2.45, 2.75) is 52.9 Å². The molecule has 0 amide bonds. The quantitative estimate of drug-likeness (QED) is 0.114. The SMILES string of the molecule is CCC(C)(C)C(=O)OCCCCCCOc1ccc(/C=C(\C#N)c2ccc(OC)c(OC)c2)cc1OC. The smallest absolute Gasteiger partial charge is 0.311 e. The van der Waals surface area contributed by atoms with Crippen LogP contribution in [0.5, 0.6) is 23.0 Å². The lowest BCUT2D eigenvalue weighted by atomic mass is 9.91. The van der Waals surface area contributed by atoms with Gasteiger partial charge in [-0.1, -0.05) is 13.0 Å². The zero-order valence-electron chi connectivity index (χ0n) is 22.9. The predicted octanol–water partition coefficient (Wildman–Crippen LogP) is 6.70. The van der Waals surface area contributed by atoms with Gasteiger partial charge in [0.2, 0.25) is 0 Å². The molecule has 0 spiro atoms. The van der Waals surface area contributed by atoms with Crippen molar-refractivity contribution < 1.29 is 28.5 Å². The summed E-state index contributed by atoms with van der Waals surface area (Å²) in [6.07, 6.45) is 6.24. The Morgan fingerprint density at radius 2 is 1.49 bits per heavy atom. The van der Waals surface area contributed by atoms with Crippen LogP contribution < -0.4 is 18.9 Å². The predicted molar refractivity (Wildman–Crippen MR) is 145 cm³/mol. The van der Waals surface area contributed by atoms with E-state index in [0.29, 0.717) is 41.8 Å². The molecule has 0 saturated carbocycles. The molecule has 0 unspecified atom stereocenters. The zero-order valence-corrected chi connectivity index (χ0v) is 22.9. The molecular formula is C30H39NO6. The molecule has 2 aromatic rings. The fraction of sp³-hybridized carbons (Fsp3) is 0.467. The normalized spacial score (nSPS) is 11.4. The second kappa shape index (κ2) is 14.8. The highest BCUT2D eigenvalue weighted by molar-refractivity contribution is 5.90. The molecule has 2 aromatic carbocycles. The first-order chi connectivity index (χ1) is 17.8. The maximum atomic E-state index is 12.0. The van der Waals surface area contributed by atoms with Gasteiger partial charge in [-0.3, -0.25) is 4.79 Å². The largest absolute Gasteiger partial charge is 0.493 e. The Bertz CT molecular complexity index is 1100. The van der Waals surface area contributed by atoms with Gasteiger partial charge in [-0.25, -0.2) is 0 Å². The molecule has 7 heteroatoms. The molecule has 0 heterocycles. The van der Waals surface area contributed by atoms with Gasteiger partial charge in [0.15, 0.2) is 23.0 Å². The number of hydrogen-bond acceptors (Lipinski definition) is 7. The number of unbranched alkanes of at least 4 members (excludes halogenated alkanes) is 3. The number of rotatable bonds is 15. The molecule has 0 bridgehead atoms. The van der Waals surface area contributed by atoms with Crippen LogP contribution in [-0.4, -0.2) is 40.5 Å². The van der Waals surface area contributed by atoms with E-state index in [0.717, 1.165) is 43.2 Å². The molecule has 0 aliphatic rings. The number of hydrogen-bond donors (Lipinski definition) is 0. The Labute approximate surface area is 220 Å². The highest BCUT2D eigenvalue weighted by Crippen LogP contribution is 2.33. The van der Waals surface area contributed by atoms with E-state index in [1.165, 1.54) is 0 Å². The van der Waals surface area contributed by atoms with Crippen molar-refractivity contribution in [3.8, 4) is 29.1 Å². The highest BCUT2D eigenvalue weighted by Gasteiger charge is 2.26. The van der Waals surface area contributed by atoms with E-state index in [2.05, 4.69) is 6.07 Å². The summed E-state index contributed by atoms with van der Waals surface area (Å²) >= 11 is 0. The fourth-order valence-corrected chi connectivity index (χ4v) is 3.49. The highest BCUT2D eigenvalue weighted by atomic mass is 16.5. The van der Waals surface area contributed by atoms with Crippen LogP contribution in [-0.2, 0) is 9.53 Å². The molecule has 200 valence electrons. The van der Waals surface area contributed by atoms with E-state index in [1.807, 2.05) is 45.0 Å². The van der Waals surface area contributed by atoms with E-state index in [4.69, 9.17) is 23.7 Å². The third-order valence-electron chi connectivity index (χ3n) is 6.28. The third kappa shape index (κ3) is 8.75. The lowest BCUT2D eigenvalue weighted by Crippen LogP contribution is -2.26. The van der Waals surface area contributed by atoms with Crippen LogP contribution >= 0.6 is 0 Å². The number of allylic oxidation sites excluding steroid dienone is 1. The Kier molecular flexibility index (Phi) is 11.8. The standard InChI is InChI=1S/C30H39NO6/c1-7-30(2,3)29(32)37-17-11-9-8-10-16-36-26-14-12-22(19-27(26)34-5)18-24(21-31)23-13-15-25(33-4)28(20-23)35-6/h12-15,18-20H,7-11,16-17H2,1-6H3/b24-18+. The average Bonchev–Trinajstić information content (AvgIpc) is 2.92. The number of nitriles is 1. The monoisotopic (exact) mass is 509 g/mol. The summed E-state index contributed by atoms with van der Waals surface area (Å²) in [5.74, 6) is 2.29. The van der Waals surface area contributed by atoms with Gasteiger partial charge in [0.25, 0.3) is 0 Å². The number of esters is 1. The second-order valence-corrected chi connectivity index (χ2v) is 9.29. The van der Waals surface area contributed by atoms with Crippen LogP contribution in [0.25, 0.3) is 11.6 Å². The van der Waals surface area contributed by atoms with Crippen molar-refractivity contribution in [2.75, 3.05) is 34.5 Å². The minimum atomic E-state index is -0.419. The summed E-state index contributed by atoms with van der Waals surface area (Å²) in [5.41, 5.74) is 1.61. The minimum absolute atomic E-state index is 0.130. The summed E-state index contributed by atoms with van der Waals surface area (Å²) in [6, 6.07) is 13.2. The van der Waals surface area contributed by atoms with E-state index in [-0.39, 0.29) is 5.97 Å². The van der Waals surface area contributed by atoms with E-state index in [9.17, 15) is 10.1 Å². The van der Waals surface area contributed by atoms with Crippen LogP contribution in [0.1, 0.15) is 64.0 Å². The molecule has 0 saturated heterocycles. The molecule has 0 atom stereocenters. The zero-order chi connectivity index (χ0) is 27.3. The van der Waals surface area contributed by atoms with Crippen molar-refractivity contribution in [1.29, 1.82) is 5.26 Å². The molecule has 0 aliphatic heterocycles. The number of ether oxygens (including phenoxy) is 5. The van der Waals surface area contributed by atoms with Gasteiger partial charge in [-0.15, -0.1) is 0 Å². The van der Waals surface area contributed by atoms with Crippen LogP contribution in [0.3, 0.4) is 0 Å². The number of carbonyl (C=O) groups excluding carboxylic acids is 1. The maximum Gasteiger partial charge on any atom is 0.311 e. The molecule has 2 rings (SSSR count). The van der Waals surface area contributed by atoms with Crippen molar-refractivity contribution in [3.05, 3.63) is 47.5 Å². The van der Waals surface area contributed by atoms with Crippen LogP contribution in [0, 0.1) is 16.7 Å². The molecule has 0 N–H and O–H groups in total. The summed E-state index contributed by atoms with van der Waals surface area (Å²) in [7, 11) is 4.73. The lowest BCUT2D eigenvalue weighted by molar-refractivity contribution is -0.154. The topological polar surface area (TPSA) is 87.0 Å². The fourth-order valence-electron chi connectivity index (χ4n) is 3.49. The average molecular weight is 510 g/mol. The van der Waals surface area contributed by atoms with Crippen LogP contribution in [0.15, 0.2) is 36.4 Å². The lowest BCUT2D eigenvalue weighted by Gasteiger charge is -2.20. The Morgan fingerprint density at radius 3 is 2.11 bits per heavy atom. The van der Waals surface area contributed by atoms with Gasteiger partial charge in [0, 0.05) is 0 Å². The van der Waals surface area contributed by atoms with Crippen molar-refractivity contribution in [2.24, 2.45) is 5.41 Å². The van der Waals surface area contributed by atoms with Gasteiger partial charge in [0.05, 0.1) is 51.6 Å². The minimum Gasteiger partial charge on any atom is -0.493 e. The van der Waals surface area contributed by atoms with Gasteiger partial charge in [-0.05, 0) is 93.5 Å². The maximum absolute atomic E-state index is 12.0. The first-order valence-electron chi connectivity index (χ1n) is 12.6. The van der Waals surface area contributed by atoms with Crippen LogP contribution in [0.2, 0.25) is 0 Å². The first kappa shape index (κ1) is 29.6. The van der Waals surface area contributed by atoms with E-state index < -0.39 is 5.41 Å². The van der Waals surface area contributed by atoms with Gasteiger partial charge >= 0.3 is 5.97 Å². The van der Waals surface area contributed by atoms with Crippen LogP contribution in [0.4, 0.5) is 0 Å². The Balaban J connectivity index is 1.89. The molecule has 0 fully saturated rings. The molecular weight excluding hydrogens is 470 g/mol. The number of nitrogens with zero attached hydrogens (tertiary/aromatic N) is 1. The number of methoxy groups -OCH3 is 3. The van der Waals surface area contributed by atoms with Crippen molar-refractivity contribution >= 4 is 17.6 Å². The third-order valence-corrected chi connectivity index (χ3v) is 6.28. The first-order valence-corrected chi connectivity index (χ1v) is 12.6. The van der Waals surface area contributed by atoms with Crippen molar-refractivity contribution in [1.82, 2.24) is 0 Å². The molecule has 0 radical (unpaired) electrons. The Hall–Kier alpha value is -3.66. The van der Waals surface area contributed by atoms with Gasteiger partial charge in [0.1, 0.15) is 0 Å². The van der Waals surface area contributed by atoms with Gasteiger partial charge < -0.3 is 23.7 Å². The van der Waals surface area contributed by atoms with Crippen molar-refractivity contribution in [3.63, 3.8) is 0 Å². The molecule has 7 nitrogen and oxygen atoms in total. The summed E-state index contributed by atoms with van der Waals surface area (Å²) in [4.78, 5) is 12.0. The molecule has 37 heavy (non-hydrogen) atoms. The molecule has 0 aromatic heterocycles. The summed E-state index contributed by atoms with van der Waals surface area (Å²) < 4.78 is 27.5. The van der Waals surface area contributed by atoms with E-state index >= 15 is 0 Å². The summed E-state index contributed by atoms with van der Waals surface area (Å²) in [5, 5.41) is 9.74. The second-order valence-electron chi connectivity index (χ2n) is 9.29. The Morgan fingerprint density at radius 1 is 0.865 bits per heavy atom. The number of carbonyl (C=O) groups is 1. The van der Waals surface area contributed by atoms with Gasteiger partial charge in [-0.2, -0.15) is 5.26 Å². The number of benzene rings is 2. The summed E-state index contributed by atoms with van der Waals surface area (Å²) in [6.45, 7) is 6.82. The molecule has 0 aliphatic carbocycles. The van der Waals surface area contributed by atoms with E-state index in [1.54, 1.807) is 39.5 Å².